The molecular formula is C87H170O17P2. The van der Waals surface area contributed by atoms with E-state index in [0.29, 0.717) is 25.7 Å². The van der Waals surface area contributed by atoms with Gasteiger partial charge in [-0.25, -0.2) is 9.13 Å². The Kier molecular flexibility index (Phi) is 75.6. The largest absolute Gasteiger partial charge is 0.472 e. The highest BCUT2D eigenvalue weighted by molar-refractivity contribution is 7.47. The summed E-state index contributed by atoms with van der Waals surface area (Å²) in [6.07, 6.45) is 67.9. The molecule has 0 fully saturated rings. The van der Waals surface area contributed by atoms with Crippen molar-refractivity contribution in [1.29, 1.82) is 0 Å². The number of ether oxygens (including phenoxy) is 4. The van der Waals surface area contributed by atoms with Crippen molar-refractivity contribution in [2.75, 3.05) is 39.6 Å². The highest BCUT2D eigenvalue weighted by atomic mass is 31.2. The molecule has 0 saturated heterocycles. The molecule has 0 aliphatic rings. The number of carbonyl (C=O) groups excluding carboxylic acids is 4. The number of aliphatic hydroxyl groups excluding tert-OH is 1. The summed E-state index contributed by atoms with van der Waals surface area (Å²) in [5.74, 6) is 0.347. The topological polar surface area (TPSA) is 237 Å². The summed E-state index contributed by atoms with van der Waals surface area (Å²) in [6.45, 7) is 12.1. The Morgan fingerprint density at radius 2 is 0.481 bits per heavy atom. The number of rotatable bonds is 85. The fraction of sp³-hybridized carbons (Fsp3) is 0.954. The molecule has 6 atom stereocenters. The zero-order valence-electron chi connectivity index (χ0n) is 69.9. The second-order valence-electron chi connectivity index (χ2n) is 32.5. The first-order chi connectivity index (χ1) is 51.3. The van der Waals surface area contributed by atoms with E-state index in [0.717, 1.165) is 108 Å². The minimum absolute atomic E-state index is 0.108. The Balaban J connectivity index is 5.25. The van der Waals surface area contributed by atoms with E-state index >= 15 is 0 Å². The van der Waals surface area contributed by atoms with E-state index in [-0.39, 0.29) is 25.7 Å². The molecule has 3 unspecified atom stereocenters. The van der Waals surface area contributed by atoms with Crippen LogP contribution in [0.2, 0.25) is 0 Å². The maximum absolute atomic E-state index is 13.2. The average molecular weight is 1550 g/mol. The molecule has 106 heavy (non-hydrogen) atoms. The summed E-state index contributed by atoms with van der Waals surface area (Å²) in [5.41, 5.74) is 0. The highest BCUT2D eigenvalue weighted by Gasteiger charge is 2.31. The van der Waals surface area contributed by atoms with Gasteiger partial charge in [0.1, 0.15) is 19.3 Å². The van der Waals surface area contributed by atoms with Crippen LogP contribution in [0.1, 0.15) is 459 Å². The quantitative estimate of drug-likeness (QED) is 0.0222. The number of aliphatic hydroxyl groups is 1. The maximum atomic E-state index is 13.2. The van der Waals surface area contributed by atoms with E-state index in [9.17, 15) is 43.2 Å². The van der Waals surface area contributed by atoms with Crippen molar-refractivity contribution in [3.05, 3.63) is 0 Å². The van der Waals surface area contributed by atoms with Gasteiger partial charge in [-0.2, -0.15) is 0 Å². The van der Waals surface area contributed by atoms with Crippen molar-refractivity contribution < 1.29 is 80.2 Å². The first-order valence-corrected chi connectivity index (χ1v) is 47.9. The van der Waals surface area contributed by atoms with Crippen molar-refractivity contribution in [3.63, 3.8) is 0 Å². The lowest BCUT2D eigenvalue weighted by Gasteiger charge is -2.21. The fourth-order valence-electron chi connectivity index (χ4n) is 13.5. The molecule has 0 aliphatic heterocycles. The van der Waals surface area contributed by atoms with Crippen LogP contribution in [0.5, 0.6) is 0 Å². The summed E-state index contributed by atoms with van der Waals surface area (Å²) in [4.78, 5) is 73.3. The number of unbranched alkanes of at least 4 members (excludes halogenated alkanes) is 52. The summed E-state index contributed by atoms with van der Waals surface area (Å²) < 4.78 is 68.9. The average Bonchev–Trinajstić information content (AvgIpc) is 0.901. The van der Waals surface area contributed by atoms with E-state index in [1.165, 1.54) is 270 Å². The predicted molar refractivity (Wildman–Crippen MR) is 437 cm³/mol. The molecule has 0 radical (unpaired) electrons. The van der Waals surface area contributed by atoms with Crippen LogP contribution in [-0.4, -0.2) is 96.7 Å². The van der Waals surface area contributed by atoms with Crippen molar-refractivity contribution in [1.82, 2.24) is 0 Å². The Bertz CT molecular complexity index is 2050. The summed E-state index contributed by atoms with van der Waals surface area (Å²) in [5, 5.41) is 10.7. The van der Waals surface area contributed by atoms with Crippen LogP contribution < -0.4 is 0 Å². The molecule has 3 N–H and O–H groups in total. The number of phosphoric acid groups is 2. The number of hydrogen-bond donors (Lipinski definition) is 3. The van der Waals surface area contributed by atoms with Crippen molar-refractivity contribution in [2.24, 2.45) is 17.8 Å². The number of carbonyl (C=O) groups is 4. The van der Waals surface area contributed by atoms with Crippen molar-refractivity contribution in [3.8, 4) is 0 Å². The lowest BCUT2D eigenvalue weighted by atomic mass is 9.99. The van der Waals surface area contributed by atoms with E-state index in [4.69, 9.17) is 37.0 Å². The SMILES string of the molecule is CCCCCCCCCCCCCCC(=O)OC[C@H](COP(=O)(O)OC[C@H](O)COP(=O)(O)OC[C@@H](COC(=O)CCCCCCCCCCCCCCCC(C)C)OC(=O)CCCCCCCCCCCCCCCCCCCCC(C)CC)OC(=O)CCCCCCCCCCCCCCCC(C)C. The smallest absolute Gasteiger partial charge is 0.462 e. The van der Waals surface area contributed by atoms with Gasteiger partial charge >= 0.3 is 39.5 Å². The summed E-state index contributed by atoms with van der Waals surface area (Å²) in [6, 6.07) is 0. The van der Waals surface area contributed by atoms with Gasteiger partial charge in [0.25, 0.3) is 0 Å². The molecule has 0 spiro atoms. The molecule has 0 aliphatic carbocycles. The third-order valence-corrected chi connectivity index (χ3v) is 22.6. The number of phosphoric ester groups is 2. The molecular weight excluding hydrogens is 1380 g/mol. The van der Waals surface area contributed by atoms with E-state index in [1.54, 1.807) is 0 Å². The number of hydrogen-bond acceptors (Lipinski definition) is 15. The maximum Gasteiger partial charge on any atom is 0.472 e. The molecule has 0 aromatic carbocycles. The van der Waals surface area contributed by atoms with Gasteiger partial charge in [-0.05, 0) is 43.4 Å². The van der Waals surface area contributed by atoms with Crippen LogP contribution in [0.15, 0.2) is 0 Å². The molecule has 0 aromatic heterocycles. The lowest BCUT2D eigenvalue weighted by Crippen LogP contribution is -2.30. The van der Waals surface area contributed by atoms with Crippen LogP contribution in [0.4, 0.5) is 0 Å². The van der Waals surface area contributed by atoms with E-state index in [2.05, 4.69) is 48.5 Å². The van der Waals surface area contributed by atoms with Crippen molar-refractivity contribution >= 4 is 39.5 Å². The highest BCUT2D eigenvalue weighted by Crippen LogP contribution is 2.45. The molecule has 630 valence electrons. The second-order valence-corrected chi connectivity index (χ2v) is 35.4. The standard InChI is InChI=1S/C87H170O17P2/c1-8-10-11-12-13-14-15-33-40-47-54-61-68-84(89)97-74-82(104-87(92)71-64-57-50-43-36-29-23-25-31-38-45-52-59-66-79(5)6)76-101-105(93,94)99-72-81(88)73-100-106(95,96)102-77-83(75-98-85(90)69-62-55-48-41-34-28-22-24-30-37-44-51-58-65-78(3)4)103-86(91)70-63-56-49-42-35-27-21-19-17-16-18-20-26-32-39-46-53-60-67-80(7)9-2/h78-83,88H,8-77H2,1-7H3,(H,93,94)(H,95,96)/t80?,81-,82+,83+/m0/s1. The molecule has 0 amide bonds. The Morgan fingerprint density at radius 1 is 0.274 bits per heavy atom. The molecule has 17 nitrogen and oxygen atoms in total. The van der Waals surface area contributed by atoms with Gasteiger partial charge in [0.05, 0.1) is 26.4 Å². The minimum atomic E-state index is -4.97. The Morgan fingerprint density at radius 3 is 0.717 bits per heavy atom. The van der Waals surface area contributed by atoms with Gasteiger partial charge in [-0.3, -0.25) is 37.3 Å². The molecule has 0 aromatic rings. The second kappa shape index (κ2) is 77.0. The summed E-state index contributed by atoms with van der Waals surface area (Å²) >= 11 is 0. The van der Waals surface area contributed by atoms with Gasteiger partial charge in [0, 0.05) is 25.7 Å². The zero-order chi connectivity index (χ0) is 77.9. The van der Waals surface area contributed by atoms with Crippen LogP contribution >= 0.6 is 15.6 Å². The Labute approximate surface area is 651 Å². The van der Waals surface area contributed by atoms with Gasteiger partial charge in [0.2, 0.25) is 0 Å². The van der Waals surface area contributed by atoms with Crippen LogP contribution in [0.3, 0.4) is 0 Å². The third-order valence-electron chi connectivity index (χ3n) is 20.7. The van der Waals surface area contributed by atoms with E-state index < -0.39 is 97.5 Å². The molecule has 0 heterocycles. The first-order valence-electron chi connectivity index (χ1n) is 44.9. The Hall–Kier alpha value is -1.94. The predicted octanol–water partition coefficient (Wildman–Crippen LogP) is 26.5. The summed E-state index contributed by atoms with van der Waals surface area (Å²) in [7, 11) is -9.93. The molecule has 0 saturated carbocycles. The first kappa shape index (κ1) is 104. The lowest BCUT2D eigenvalue weighted by molar-refractivity contribution is -0.161. The molecule has 0 rings (SSSR count). The van der Waals surface area contributed by atoms with E-state index in [1.807, 2.05) is 0 Å². The van der Waals surface area contributed by atoms with Gasteiger partial charge in [0.15, 0.2) is 12.2 Å². The minimum Gasteiger partial charge on any atom is -0.462 e. The zero-order valence-corrected chi connectivity index (χ0v) is 71.7. The number of esters is 4. The van der Waals surface area contributed by atoms with Gasteiger partial charge < -0.3 is 33.8 Å². The molecule has 19 heteroatoms. The van der Waals surface area contributed by atoms with Crippen LogP contribution in [0.25, 0.3) is 0 Å². The van der Waals surface area contributed by atoms with Gasteiger partial charge in [-0.15, -0.1) is 0 Å². The van der Waals surface area contributed by atoms with Gasteiger partial charge in [-0.1, -0.05) is 408 Å². The fourth-order valence-corrected chi connectivity index (χ4v) is 15.1. The van der Waals surface area contributed by atoms with Crippen LogP contribution in [-0.2, 0) is 65.4 Å². The third kappa shape index (κ3) is 78.7. The van der Waals surface area contributed by atoms with Crippen LogP contribution in [0, 0.1) is 17.8 Å². The molecule has 0 bridgehead atoms. The monoisotopic (exact) mass is 1550 g/mol. The normalized spacial score (nSPS) is 14.1. The van der Waals surface area contributed by atoms with Crippen molar-refractivity contribution in [2.45, 2.75) is 478 Å².